The molecule has 0 spiro atoms. The molecule has 1 aromatic heterocycles. The van der Waals surface area contributed by atoms with E-state index >= 15 is 0 Å². The smallest absolute Gasteiger partial charge is 0.245 e. The predicted octanol–water partition coefficient (Wildman–Crippen LogP) is 1.09. The molecule has 2 aliphatic rings. The fourth-order valence-electron chi connectivity index (χ4n) is 3.71. The van der Waals surface area contributed by atoms with Crippen LogP contribution in [0.1, 0.15) is 45.6 Å². The van der Waals surface area contributed by atoms with Crippen molar-refractivity contribution in [2.24, 2.45) is 5.92 Å². The molecule has 0 radical (unpaired) electrons. The van der Waals surface area contributed by atoms with Crippen LogP contribution in [0.15, 0.2) is 12.7 Å². The molecule has 7 nitrogen and oxygen atoms in total. The molecule has 1 aromatic rings. The topological polar surface area (TPSA) is 71.3 Å². The van der Waals surface area contributed by atoms with Crippen LogP contribution in [0.3, 0.4) is 0 Å². The van der Waals surface area contributed by atoms with Crippen molar-refractivity contribution in [2.75, 3.05) is 19.6 Å². The Labute approximate surface area is 136 Å². The van der Waals surface area contributed by atoms with Gasteiger partial charge < -0.3 is 9.80 Å². The SMILES string of the molecule is CC(C)[C@@H](C(=O)N1CCC[C@H](n2cncn2)C1)N1CCCC1=O. The molecule has 2 fully saturated rings. The third kappa shape index (κ3) is 3.23. The summed E-state index contributed by atoms with van der Waals surface area (Å²) in [6.45, 7) is 6.15. The maximum absolute atomic E-state index is 13.1. The molecular formula is C16H25N5O2. The Morgan fingerprint density at radius 2 is 2.13 bits per heavy atom. The number of hydrogen-bond acceptors (Lipinski definition) is 4. The number of amides is 2. The quantitative estimate of drug-likeness (QED) is 0.833. The van der Waals surface area contributed by atoms with Crippen molar-refractivity contribution in [3.05, 3.63) is 12.7 Å². The van der Waals surface area contributed by atoms with Crippen molar-refractivity contribution < 1.29 is 9.59 Å². The first-order chi connectivity index (χ1) is 11.1. The molecule has 0 N–H and O–H groups in total. The molecule has 23 heavy (non-hydrogen) atoms. The minimum Gasteiger partial charge on any atom is -0.339 e. The molecule has 3 rings (SSSR count). The van der Waals surface area contributed by atoms with Crippen LogP contribution < -0.4 is 0 Å². The maximum atomic E-state index is 13.1. The van der Waals surface area contributed by atoms with Crippen LogP contribution in [0, 0.1) is 5.92 Å². The lowest BCUT2D eigenvalue weighted by Gasteiger charge is -2.38. The summed E-state index contributed by atoms with van der Waals surface area (Å²) < 4.78 is 1.84. The maximum Gasteiger partial charge on any atom is 0.245 e. The number of likely N-dealkylation sites (tertiary alicyclic amines) is 2. The van der Waals surface area contributed by atoms with Crippen LogP contribution in [0.25, 0.3) is 0 Å². The molecule has 0 unspecified atom stereocenters. The molecule has 2 aliphatic heterocycles. The summed E-state index contributed by atoms with van der Waals surface area (Å²) in [5, 5.41) is 4.21. The van der Waals surface area contributed by atoms with Crippen LogP contribution in [-0.4, -0.2) is 62.1 Å². The zero-order valence-electron chi connectivity index (χ0n) is 13.9. The minimum atomic E-state index is -0.334. The number of carbonyl (C=O) groups excluding carboxylic acids is 2. The molecular weight excluding hydrogens is 294 g/mol. The van der Waals surface area contributed by atoms with Crippen molar-refractivity contribution in [1.82, 2.24) is 24.6 Å². The molecule has 3 heterocycles. The third-order valence-corrected chi connectivity index (χ3v) is 4.85. The molecule has 0 aliphatic carbocycles. The number of piperidine rings is 1. The number of aromatic nitrogens is 3. The van der Waals surface area contributed by atoms with Crippen LogP contribution in [0.5, 0.6) is 0 Å². The van der Waals surface area contributed by atoms with E-state index in [-0.39, 0.29) is 29.8 Å². The highest BCUT2D eigenvalue weighted by Crippen LogP contribution is 2.25. The highest BCUT2D eigenvalue weighted by Gasteiger charge is 2.38. The van der Waals surface area contributed by atoms with Crippen LogP contribution in [0.2, 0.25) is 0 Å². The van der Waals surface area contributed by atoms with E-state index < -0.39 is 0 Å². The standard InChI is InChI=1S/C16H25N5O2/c1-12(2)15(20-8-4-6-14(20)22)16(23)19-7-3-5-13(9-19)21-11-17-10-18-21/h10-13,15H,3-9H2,1-2H3/t13-,15-/m0/s1. The third-order valence-electron chi connectivity index (χ3n) is 4.85. The summed E-state index contributed by atoms with van der Waals surface area (Å²) in [7, 11) is 0. The summed E-state index contributed by atoms with van der Waals surface area (Å²) >= 11 is 0. The fourth-order valence-corrected chi connectivity index (χ4v) is 3.71. The molecule has 0 saturated carbocycles. The van der Waals surface area contributed by atoms with Gasteiger partial charge in [-0.15, -0.1) is 0 Å². The van der Waals surface area contributed by atoms with E-state index in [0.29, 0.717) is 19.5 Å². The highest BCUT2D eigenvalue weighted by molar-refractivity contribution is 5.89. The number of carbonyl (C=O) groups is 2. The molecule has 2 amide bonds. The van der Waals surface area contributed by atoms with Gasteiger partial charge in [-0.25, -0.2) is 9.67 Å². The van der Waals surface area contributed by atoms with Crippen LogP contribution in [-0.2, 0) is 9.59 Å². The Morgan fingerprint density at radius 3 is 2.74 bits per heavy atom. The molecule has 0 bridgehead atoms. The van der Waals surface area contributed by atoms with E-state index in [1.54, 1.807) is 11.2 Å². The lowest BCUT2D eigenvalue weighted by molar-refractivity contribution is -0.146. The number of hydrogen-bond donors (Lipinski definition) is 0. The van der Waals surface area contributed by atoms with Gasteiger partial charge in [0.25, 0.3) is 0 Å². The minimum absolute atomic E-state index is 0.0834. The molecule has 126 valence electrons. The van der Waals surface area contributed by atoms with Gasteiger partial charge in [0, 0.05) is 26.1 Å². The summed E-state index contributed by atoms with van der Waals surface area (Å²) in [6.07, 6.45) is 6.62. The van der Waals surface area contributed by atoms with Crippen molar-refractivity contribution in [3.8, 4) is 0 Å². The van der Waals surface area contributed by atoms with Crippen molar-refractivity contribution >= 4 is 11.8 Å². The van der Waals surface area contributed by atoms with Gasteiger partial charge in [0.1, 0.15) is 18.7 Å². The van der Waals surface area contributed by atoms with Gasteiger partial charge in [0.05, 0.1) is 6.04 Å². The summed E-state index contributed by atoms with van der Waals surface area (Å²) in [5.41, 5.74) is 0. The summed E-state index contributed by atoms with van der Waals surface area (Å²) in [6, 6.07) is -0.156. The van der Waals surface area contributed by atoms with Crippen LogP contribution in [0.4, 0.5) is 0 Å². The lowest BCUT2D eigenvalue weighted by Crippen LogP contribution is -2.54. The number of nitrogens with zero attached hydrogens (tertiary/aromatic N) is 5. The first-order valence-corrected chi connectivity index (χ1v) is 8.50. The first-order valence-electron chi connectivity index (χ1n) is 8.50. The Balaban J connectivity index is 1.73. The Kier molecular flexibility index (Phi) is 4.63. The van der Waals surface area contributed by atoms with E-state index in [9.17, 15) is 9.59 Å². The average Bonchev–Trinajstić information content (AvgIpc) is 3.20. The van der Waals surface area contributed by atoms with E-state index in [2.05, 4.69) is 10.1 Å². The van der Waals surface area contributed by atoms with E-state index in [0.717, 1.165) is 25.8 Å². The van der Waals surface area contributed by atoms with Gasteiger partial charge in [-0.1, -0.05) is 13.8 Å². The van der Waals surface area contributed by atoms with Gasteiger partial charge >= 0.3 is 0 Å². The summed E-state index contributed by atoms with van der Waals surface area (Å²) in [5.74, 6) is 0.318. The van der Waals surface area contributed by atoms with Gasteiger partial charge in [0.2, 0.25) is 11.8 Å². The monoisotopic (exact) mass is 319 g/mol. The Bertz CT molecular complexity index is 557. The first kappa shape index (κ1) is 16.0. The second-order valence-electron chi connectivity index (χ2n) is 6.84. The van der Waals surface area contributed by atoms with Crippen LogP contribution >= 0.6 is 0 Å². The highest BCUT2D eigenvalue weighted by atomic mass is 16.2. The Hall–Kier alpha value is -1.92. The van der Waals surface area contributed by atoms with Crippen molar-refractivity contribution in [3.63, 3.8) is 0 Å². The average molecular weight is 319 g/mol. The normalized spacial score (nSPS) is 23.6. The zero-order valence-corrected chi connectivity index (χ0v) is 13.9. The van der Waals surface area contributed by atoms with Gasteiger partial charge in [-0.05, 0) is 25.2 Å². The van der Waals surface area contributed by atoms with Crippen molar-refractivity contribution in [2.45, 2.75) is 51.6 Å². The largest absolute Gasteiger partial charge is 0.339 e. The summed E-state index contributed by atoms with van der Waals surface area (Å²) in [4.78, 5) is 32.9. The second-order valence-corrected chi connectivity index (χ2v) is 6.84. The van der Waals surface area contributed by atoms with E-state index in [1.807, 2.05) is 23.4 Å². The predicted molar refractivity (Wildman–Crippen MR) is 84.4 cm³/mol. The van der Waals surface area contributed by atoms with Gasteiger partial charge in [-0.2, -0.15) is 5.10 Å². The molecule has 2 atom stereocenters. The molecule has 2 saturated heterocycles. The van der Waals surface area contributed by atoms with E-state index in [1.165, 1.54) is 6.33 Å². The number of rotatable bonds is 4. The molecule has 0 aromatic carbocycles. The lowest BCUT2D eigenvalue weighted by atomic mass is 9.98. The zero-order chi connectivity index (χ0) is 16.4. The van der Waals surface area contributed by atoms with E-state index in [4.69, 9.17) is 0 Å². The van der Waals surface area contributed by atoms with Gasteiger partial charge in [0.15, 0.2) is 0 Å². The van der Waals surface area contributed by atoms with Crippen molar-refractivity contribution in [1.29, 1.82) is 0 Å². The van der Waals surface area contributed by atoms with Gasteiger partial charge in [-0.3, -0.25) is 9.59 Å². The molecule has 7 heteroatoms. The Morgan fingerprint density at radius 1 is 1.30 bits per heavy atom. The fraction of sp³-hybridized carbons (Fsp3) is 0.750. The second kappa shape index (κ2) is 6.68.